The molecule has 5 heteroatoms. The molecular weight excluding hydrogens is 402 g/mol. The van der Waals surface area contributed by atoms with Gasteiger partial charge in [-0.3, -0.25) is 4.79 Å². The van der Waals surface area contributed by atoms with Gasteiger partial charge in [-0.15, -0.1) is 0 Å². The van der Waals surface area contributed by atoms with Crippen LogP contribution in [0.2, 0.25) is 0 Å². The monoisotopic (exact) mass is 424 g/mol. The Morgan fingerprint density at radius 2 is 1.41 bits per heavy atom. The summed E-state index contributed by atoms with van der Waals surface area (Å²) < 4.78 is 7.24. The molecule has 0 aliphatic rings. The van der Waals surface area contributed by atoms with Gasteiger partial charge >= 0.3 is 11.9 Å². The summed E-state index contributed by atoms with van der Waals surface area (Å²) in [7, 11) is 0. The van der Waals surface area contributed by atoms with E-state index in [1.54, 1.807) is 12.1 Å². The van der Waals surface area contributed by atoms with E-state index in [9.17, 15) is 14.7 Å². The molecule has 0 saturated carbocycles. The van der Waals surface area contributed by atoms with Crippen LogP contribution in [0, 0.1) is 6.92 Å². The van der Waals surface area contributed by atoms with Gasteiger partial charge < -0.3 is 9.84 Å². The first-order chi connectivity index (χ1) is 15.4. The number of rotatable bonds is 5. The van der Waals surface area contributed by atoms with Crippen LogP contribution in [0.25, 0.3) is 28.1 Å². The third kappa shape index (κ3) is 4.27. The first-order valence-electron chi connectivity index (χ1n) is 10.2. The van der Waals surface area contributed by atoms with Crippen LogP contribution in [0.3, 0.4) is 0 Å². The molecule has 0 unspecified atom stereocenters. The number of hydrogen-bond acceptors (Lipinski definition) is 3. The number of aromatic nitrogens is 1. The number of ether oxygens (including phenoxy) is 1. The van der Waals surface area contributed by atoms with E-state index in [1.807, 2.05) is 60.0 Å². The van der Waals surface area contributed by atoms with E-state index in [-0.39, 0.29) is 11.3 Å². The van der Waals surface area contributed by atoms with Gasteiger partial charge in [0.1, 0.15) is 5.56 Å². The molecule has 1 aromatic heterocycles. The van der Waals surface area contributed by atoms with Crippen LogP contribution in [-0.4, -0.2) is 17.0 Å². The molecule has 0 saturated heterocycles. The van der Waals surface area contributed by atoms with Crippen LogP contribution in [-0.2, 0) is 4.79 Å². The minimum absolute atomic E-state index is 0.0144. The van der Waals surface area contributed by atoms with Crippen molar-refractivity contribution in [2.24, 2.45) is 0 Å². The molecule has 3 aromatic carbocycles. The van der Waals surface area contributed by atoms with Gasteiger partial charge in [0.15, 0.2) is 11.4 Å². The third-order valence-corrected chi connectivity index (χ3v) is 5.13. The highest BCUT2D eigenvalue weighted by Gasteiger charge is 2.24. The van der Waals surface area contributed by atoms with Crippen molar-refractivity contribution in [2.45, 2.75) is 13.8 Å². The zero-order chi connectivity index (χ0) is 22.7. The van der Waals surface area contributed by atoms with Crippen molar-refractivity contribution >= 4 is 11.9 Å². The number of hydrogen-bond donors (Lipinski definition) is 1. The number of aryl methyl sites for hydroxylation is 1. The lowest BCUT2D eigenvalue weighted by atomic mass is 10.0. The molecule has 0 radical (unpaired) electrons. The predicted octanol–water partition coefficient (Wildman–Crippen LogP) is 5.23. The average Bonchev–Trinajstić information content (AvgIpc) is 2.79. The Labute approximate surface area is 186 Å². The summed E-state index contributed by atoms with van der Waals surface area (Å²) >= 11 is 0. The van der Waals surface area contributed by atoms with Crippen molar-refractivity contribution in [1.29, 1.82) is 0 Å². The lowest BCUT2D eigenvalue weighted by Gasteiger charge is -2.12. The second-order valence-electron chi connectivity index (χ2n) is 7.42. The van der Waals surface area contributed by atoms with Crippen LogP contribution in [0.4, 0.5) is 0 Å². The van der Waals surface area contributed by atoms with Crippen molar-refractivity contribution in [3.8, 4) is 33.8 Å². The van der Waals surface area contributed by atoms with Crippen LogP contribution in [0.5, 0.6) is 5.75 Å². The van der Waals surface area contributed by atoms with E-state index in [1.165, 1.54) is 13.0 Å². The number of esters is 1. The fraction of sp³-hybridized carbons (Fsp3) is 0.0741. The maximum atomic E-state index is 11.6. The lowest BCUT2D eigenvalue weighted by molar-refractivity contribution is -0.591. The molecule has 4 rings (SSSR count). The van der Waals surface area contributed by atoms with Gasteiger partial charge in [0.05, 0.1) is 6.07 Å². The lowest BCUT2D eigenvalue weighted by Crippen LogP contribution is -2.37. The van der Waals surface area contributed by atoms with Gasteiger partial charge in [-0.1, -0.05) is 48.5 Å². The van der Waals surface area contributed by atoms with E-state index >= 15 is 0 Å². The van der Waals surface area contributed by atoms with Crippen LogP contribution in [0.1, 0.15) is 23.0 Å². The minimum Gasteiger partial charge on any atom is -0.478 e. The van der Waals surface area contributed by atoms with Gasteiger partial charge in [-0.2, -0.15) is 4.57 Å². The largest absolute Gasteiger partial charge is 0.478 e. The van der Waals surface area contributed by atoms with Crippen molar-refractivity contribution in [3.05, 3.63) is 102 Å². The van der Waals surface area contributed by atoms with E-state index in [0.29, 0.717) is 5.69 Å². The highest BCUT2D eigenvalue weighted by Crippen LogP contribution is 2.28. The van der Waals surface area contributed by atoms with E-state index < -0.39 is 11.9 Å². The Morgan fingerprint density at radius 3 is 2.00 bits per heavy atom. The molecule has 0 bridgehead atoms. The molecule has 5 nitrogen and oxygen atoms in total. The van der Waals surface area contributed by atoms with Crippen LogP contribution < -0.4 is 9.30 Å². The Morgan fingerprint density at radius 1 is 0.781 bits per heavy atom. The minimum atomic E-state index is -1.16. The Kier molecular flexibility index (Phi) is 5.81. The molecule has 0 fully saturated rings. The molecule has 0 amide bonds. The molecular formula is C27H22NO4+. The van der Waals surface area contributed by atoms with Gasteiger partial charge in [-0.25, -0.2) is 4.79 Å². The second kappa shape index (κ2) is 8.86. The fourth-order valence-electron chi connectivity index (χ4n) is 3.76. The predicted molar refractivity (Wildman–Crippen MR) is 122 cm³/mol. The van der Waals surface area contributed by atoms with Crippen LogP contribution >= 0.6 is 0 Å². The van der Waals surface area contributed by atoms with Crippen molar-refractivity contribution in [3.63, 3.8) is 0 Å². The number of carboxylic acid groups (broad SMARTS) is 1. The Balaban J connectivity index is 1.96. The molecule has 32 heavy (non-hydrogen) atoms. The van der Waals surface area contributed by atoms with Crippen LogP contribution in [0.15, 0.2) is 91.0 Å². The number of pyridine rings is 1. The molecule has 1 heterocycles. The molecule has 4 aromatic rings. The van der Waals surface area contributed by atoms with E-state index in [4.69, 9.17) is 4.74 Å². The van der Waals surface area contributed by atoms with E-state index in [2.05, 4.69) is 24.3 Å². The molecule has 158 valence electrons. The zero-order valence-electron chi connectivity index (χ0n) is 17.8. The highest BCUT2D eigenvalue weighted by molar-refractivity contribution is 5.92. The maximum Gasteiger partial charge on any atom is 0.339 e. The number of aromatic carboxylic acids is 1. The summed E-state index contributed by atoms with van der Waals surface area (Å²) in [5, 5.41) is 9.49. The van der Waals surface area contributed by atoms with Gasteiger partial charge in [0, 0.05) is 37.6 Å². The molecule has 0 aliphatic heterocycles. The summed E-state index contributed by atoms with van der Waals surface area (Å²) in [5.41, 5.74) is 5.68. The molecule has 1 N–H and O–H groups in total. The summed E-state index contributed by atoms with van der Waals surface area (Å²) in [6.45, 7) is 3.25. The smallest absolute Gasteiger partial charge is 0.339 e. The normalized spacial score (nSPS) is 10.6. The highest BCUT2D eigenvalue weighted by atomic mass is 16.5. The zero-order valence-corrected chi connectivity index (χ0v) is 17.8. The Bertz CT molecular complexity index is 1300. The van der Waals surface area contributed by atoms with Crippen molar-refractivity contribution in [1.82, 2.24) is 0 Å². The first-order valence-corrected chi connectivity index (χ1v) is 10.2. The van der Waals surface area contributed by atoms with Crippen molar-refractivity contribution < 1.29 is 24.0 Å². The number of nitrogens with zero attached hydrogens (tertiary/aromatic N) is 1. The number of benzene rings is 3. The van der Waals surface area contributed by atoms with Gasteiger partial charge in [-0.05, 0) is 29.3 Å². The molecule has 0 aliphatic carbocycles. The van der Waals surface area contributed by atoms with Crippen molar-refractivity contribution in [2.75, 3.05) is 0 Å². The summed E-state index contributed by atoms with van der Waals surface area (Å²) in [6.07, 6.45) is 0. The van der Waals surface area contributed by atoms with Gasteiger partial charge in [0.25, 0.3) is 0 Å². The second-order valence-corrected chi connectivity index (χ2v) is 7.42. The number of carboxylic acids is 1. The fourth-order valence-corrected chi connectivity index (χ4v) is 3.76. The quantitative estimate of drug-likeness (QED) is 0.271. The van der Waals surface area contributed by atoms with E-state index in [0.717, 1.165) is 28.1 Å². The molecule has 0 spiro atoms. The Hall–Kier alpha value is -4.25. The maximum absolute atomic E-state index is 11.6. The summed E-state index contributed by atoms with van der Waals surface area (Å²) in [5.74, 6) is -1.72. The topological polar surface area (TPSA) is 67.5 Å². The first kappa shape index (κ1) is 21.0. The number of carbonyl (C=O) groups is 2. The average molecular weight is 424 g/mol. The summed E-state index contributed by atoms with van der Waals surface area (Å²) in [6, 6.07) is 29.0. The number of carbonyl (C=O) groups excluding carboxylic acids is 1. The SMILES string of the molecule is CC(=O)Oc1cc(-[n+]2c(C)cc(-c3ccccc3)cc2-c2ccccc2)ccc1C(=O)O. The summed E-state index contributed by atoms with van der Waals surface area (Å²) in [4.78, 5) is 23.2. The third-order valence-electron chi connectivity index (χ3n) is 5.13. The van der Waals surface area contributed by atoms with Gasteiger partial charge in [0.2, 0.25) is 11.4 Å². The molecule has 0 atom stereocenters. The standard InChI is InChI=1S/C27H21NO4/c1-18-15-22(20-9-5-3-6-10-20)16-25(21-11-7-4-8-12-21)28(18)23-13-14-24(27(30)31)26(17-23)32-19(2)29/h3-17H,1-2H3/p+1.